The molecule has 4 unspecified atom stereocenters. The Bertz CT molecular complexity index is 486. The van der Waals surface area contributed by atoms with Crippen LogP contribution in [0.3, 0.4) is 0 Å². The molecule has 0 radical (unpaired) electrons. The molecule has 3 saturated carbocycles. The van der Waals surface area contributed by atoms with E-state index in [9.17, 15) is 0 Å². The predicted octanol–water partition coefficient (Wildman–Crippen LogP) is 2.62. The van der Waals surface area contributed by atoms with Crippen LogP contribution >= 0.6 is 0 Å². The van der Waals surface area contributed by atoms with Gasteiger partial charge in [-0.15, -0.1) is 0 Å². The SMILES string of the molecule is NC(COC1CCC1)c1noc(CC2CC3CCC2C3)n1. The van der Waals surface area contributed by atoms with Gasteiger partial charge in [0, 0.05) is 6.42 Å². The van der Waals surface area contributed by atoms with Gasteiger partial charge in [0.05, 0.1) is 18.8 Å². The highest BCUT2D eigenvalue weighted by molar-refractivity contribution is 4.98. The number of ether oxygens (including phenoxy) is 1. The first kappa shape index (κ1) is 13.7. The summed E-state index contributed by atoms with van der Waals surface area (Å²) in [5.41, 5.74) is 6.09. The number of aromatic nitrogens is 2. The maximum Gasteiger partial charge on any atom is 0.226 e. The normalized spacial score (nSPS) is 33.3. The molecule has 2 bridgehead atoms. The Labute approximate surface area is 125 Å². The van der Waals surface area contributed by atoms with Crippen molar-refractivity contribution < 1.29 is 9.26 Å². The van der Waals surface area contributed by atoms with Crippen LogP contribution in [0.25, 0.3) is 0 Å². The summed E-state index contributed by atoms with van der Waals surface area (Å²) < 4.78 is 11.1. The molecule has 1 heterocycles. The van der Waals surface area contributed by atoms with E-state index in [1.165, 1.54) is 32.1 Å². The maximum atomic E-state index is 6.09. The highest BCUT2D eigenvalue weighted by atomic mass is 16.5. The molecule has 0 aromatic carbocycles. The zero-order chi connectivity index (χ0) is 14.2. The lowest BCUT2D eigenvalue weighted by Crippen LogP contribution is -2.27. The van der Waals surface area contributed by atoms with Crippen molar-refractivity contribution in [2.75, 3.05) is 6.61 Å². The van der Waals surface area contributed by atoms with E-state index in [0.29, 0.717) is 18.5 Å². The van der Waals surface area contributed by atoms with E-state index in [4.69, 9.17) is 15.0 Å². The fraction of sp³-hybridized carbons (Fsp3) is 0.875. The molecule has 0 aliphatic heterocycles. The summed E-state index contributed by atoms with van der Waals surface area (Å²) in [7, 11) is 0. The van der Waals surface area contributed by atoms with Crippen molar-refractivity contribution in [2.24, 2.45) is 23.5 Å². The molecule has 2 N–H and O–H groups in total. The minimum Gasteiger partial charge on any atom is -0.376 e. The second-order valence-electron chi connectivity index (χ2n) is 7.18. The molecular weight excluding hydrogens is 266 g/mol. The Morgan fingerprint density at radius 3 is 2.81 bits per heavy atom. The van der Waals surface area contributed by atoms with E-state index in [1.54, 1.807) is 0 Å². The molecule has 3 aliphatic rings. The monoisotopic (exact) mass is 291 g/mol. The van der Waals surface area contributed by atoms with E-state index in [2.05, 4.69) is 10.1 Å². The molecule has 4 rings (SSSR count). The average Bonchev–Trinajstić information content (AvgIpc) is 3.12. The van der Waals surface area contributed by atoms with Crippen molar-refractivity contribution in [3.8, 4) is 0 Å². The minimum atomic E-state index is -0.261. The third kappa shape index (κ3) is 2.86. The van der Waals surface area contributed by atoms with Gasteiger partial charge in [0.1, 0.15) is 0 Å². The third-order valence-electron chi connectivity index (χ3n) is 5.70. The molecule has 0 spiro atoms. The lowest BCUT2D eigenvalue weighted by molar-refractivity contribution is -0.00549. The van der Waals surface area contributed by atoms with Gasteiger partial charge in [0.25, 0.3) is 0 Å². The summed E-state index contributed by atoms with van der Waals surface area (Å²) in [4.78, 5) is 4.50. The number of hydrogen-bond acceptors (Lipinski definition) is 5. The zero-order valence-corrected chi connectivity index (χ0v) is 12.5. The number of rotatable bonds is 6. The lowest BCUT2D eigenvalue weighted by Gasteiger charge is -2.26. The number of nitrogens with two attached hydrogens (primary N) is 1. The predicted molar refractivity (Wildman–Crippen MR) is 77.5 cm³/mol. The van der Waals surface area contributed by atoms with Crippen molar-refractivity contribution in [3.05, 3.63) is 11.7 Å². The number of nitrogens with zero attached hydrogens (tertiary/aromatic N) is 2. The number of hydrogen-bond donors (Lipinski definition) is 1. The molecule has 5 nitrogen and oxygen atoms in total. The Balaban J connectivity index is 1.30. The molecule has 5 heteroatoms. The molecule has 1 aromatic rings. The standard InChI is InChI=1S/C16H25N3O2/c17-14(9-20-13-2-1-3-13)16-18-15(21-19-16)8-12-7-10-4-5-11(12)6-10/h10-14H,1-9,17H2. The summed E-state index contributed by atoms with van der Waals surface area (Å²) in [6, 6.07) is -0.261. The van der Waals surface area contributed by atoms with Gasteiger partial charge in [-0.05, 0) is 56.3 Å². The van der Waals surface area contributed by atoms with Gasteiger partial charge in [-0.3, -0.25) is 0 Å². The van der Waals surface area contributed by atoms with Crippen LogP contribution in [0, 0.1) is 17.8 Å². The van der Waals surface area contributed by atoms with Gasteiger partial charge in [-0.1, -0.05) is 11.6 Å². The van der Waals surface area contributed by atoms with Gasteiger partial charge >= 0.3 is 0 Å². The molecular formula is C16H25N3O2. The summed E-state index contributed by atoms with van der Waals surface area (Å²) in [5.74, 6) is 3.97. The smallest absolute Gasteiger partial charge is 0.226 e. The van der Waals surface area contributed by atoms with Crippen molar-refractivity contribution in [2.45, 2.75) is 63.5 Å². The first-order valence-corrected chi connectivity index (χ1v) is 8.47. The van der Waals surface area contributed by atoms with Crippen LogP contribution in [0.2, 0.25) is 0 Å². The quantitative estimate of drug-likeness (QED) is 0.872. The Morgan fingerprint density at radius 2 is 2.14 bits per heavy atom. The molecule has 3 aliphatic carbocycles. The van der Waals surface area contributed by atoms with Crippen LogP contribution in [0.5, 0.6) is 0 Å². The van der Waals surface area contributed by atoms with Crippen molar-refractivity contribution in [1.29, 1.82) is 0 Å². The highest BCUT2D eigenvalue weighted by Crippen LogP contribution is 2.49. The van der Waals surface area contributed by atoms with Gasteiger partial charge in [-0.25, -0.2) is 0 Å². The van der Waals surface area contributed by atoms with Crippen molar-refractivity contribution in [1.82, 2.24) is 10.1 Å². The average molecular weight is 291 g/mol. The van der Waals surface area contributed by atoms with Gasteiger partial charge in [0.2, 0.25) is 5.89 Å². The first-order valence-electron chi connectivity index (χ1n) is 8.47. The maximum absolute atomic E-state index is 6.09. The molecule has 1 aromatic heterocycles. The van der Waals surface area contributed by atoms with E-state index < -0.39 is 0 Å². The van der Waals surface area contributed by atoms with Crippen LogP contribution in [0.4, 0.5) is 0 Å². The van der Waals surface area contributed by atoms with Crippen molar-refractivity contribution >= 4 is 0 Å². The topological polar surface area (TPSA) is 74.2 Å². The van der Waals surface area contributed by atoms with Crippen LogP contribution < -0.4 is 5.73 Å². The van der Waals surface area contributed by atoms with E-state index in [0.717, 1.165) is 42.9 Å². The zero-order valence-electron chi connectivity index (χ0n) is 12.5. The summed E-state index contributed by atoms with van der Waals surface area (Å²) in [6.07, 6.45) is 10.5. The molecule has 116 valence electrons. The second kappa shape index (κ2) is 5.69. The van der Waals surface area contributed by atoms with Crippen LogP contribution in [0.1, 0.15) is 62.7 Å². The fourth-order valence-corrected chi connectivity index (χ4v) is 4.20. The number of fused-ring (bicyclic) bond motifs is 2. The van der Waals surface area contributed by atoms with Crippen molar-refractivity contribution in [3.63, 3.8) is 0 Å². The largest absolute Gasteiger partial charge is 0.376 e. The van der Waals surface area contributed by atoms with Gasteiger partial charge < -0.3 is 15.0 Å². The Kier molecular flexibility index (Phi) is 3.71. The van der Waals surface area contributed by atoms with E-state index in [1.807, 2.05) is 0 Å². The minimum absolute atomic E-state index is 0.261. The molecule has 0 saturated heterocycles. The lowest BCUT2D eigenvalue weighted by atomic mass is 9.86. The summed E-state index contributed by atoms with van der Waals surface area (Å²) in [6.45, 7) is 0.498. The second-order valence-corrected chi connectivity index (χ2v) is 7.18. The van der Waals surface area contributed by atoms with E-state index in [-0.39, 0.29) is 6.04 Å². The van der Waals surface area contributed by atoms with Gasteiger partial charge in [0.15, 0.2) is 5.82 Å². The van der Waals surface area contributed by atoms with Gasteiger partial charge in [-0.2, -0.15) is 4.98 Å². The first-order chi connectivity index (χ1) is 10.3. The Hall–Kier alpha value is -0.940. The molecule has 21 heavy (non-hydrogen) atoms. The summed E-state index contributed by atoms with van der Waals surface area (Å²) >= 11 is 0. The molecule has 3 fully saturated rings. The fourth-order valence-electron chi connectivity index (χ4n) is 4.20. The summed E-state index contributed by atoms with van der Waals surface area (Å²) in [5, 5.41) is 4.05. The van der Waals surface area contributed by atoms with Crippen LogP contribution in [0.15, 0.2) is 4.52 Å². The Morgan fingerprint density at radius 1 is 1.24 bits per heavy atom. The van der Waals surface area contributed by atoms with Crippen LogP contribution in [-0.2, 0) is 11.2 Å². The van der Waals surface area contributed by atoms with Crippen LogP contribution in [-0.4, -0.2) is 22.9 Å². The third-order valence-corrected chi connectivity index (χ3v) is 5.70. The molecule has 4 atom stereocenters. The highest BCUT2D eigenvalue weighted by Gasteiger charge is 2.40. The van der Waals surface area contributed by atoms with E-state index >= 15 is 0 Å². The molecule has 0 amide bonds.